The highest BCUT2D eigenvalue weighted by Gasteiger charge is 2.19. The van der Waals surface area contributed by atoms with Crippen LogP contribution in [-0.2, 0) is 24.3 Å². The van der Waals surface area contributed by atoms with Gasteiger partial charge in [0.15, 0.2) is 0 Å². The lowest BCUT2D eigenvalue weighted by Crippen LogP contribution is -2.25. The Bertz CT molecular complexity index is 643. The maximum absolute atomic E-state index is 10.8. The zero-order valence-corrected chi connectivity index (χ0v) is 11.1. The molecule has 2 N–H and O–H groups in total. The number of carbonyl (C=O) groups is 1. The van der Waals surface area contributed by atoms with Crippen LogP contribution in [0.1, 0.15) is 23.2 Å². The summed E-state index contributed by atoms with van der Waals surface area (Å²) in [5.41, 5.74) is 5.06. The van der Waals surface area contributed by atoms with Crippen molar-refractivity contribution in [2.45, 2.75) is 32.9 Å². The Morgan fingerprint density at radius 1 is 1.47 bits per heavy atom. The molecule has 1 aromatic heterocycles. The van der Waals surface area contributed by atoms with Gasteiger partial charge in [-0.1, -0.05) is 11.6 Å². The number of aliphatic carboxylic acids is 1. The number of hydrogen-bond acceptors (Lipinski definition) is 2. The maximum Gasteiger partial charge on any atom is 0.305 e. The van der Waals surface area contributed by atoms with Crippen molar-refractivity contribution in [2.75, 3.05) is 6.54 Å². The minimum Gasteiger partial charge on any atom is -0.481 e. The number of rotatable bonds is 3. The minimum absolute atomic E-state index is 0.178. The second-order valence-electron chi connectivity index (χ2n) is 5.17. The molecule has 0 unspecified atom stereocenters. The monoisotopic (exact) mass is 258 g/mol. The second-order valence-corrected chi connectivity index (χ2v) is 5.17. The van der Waals surface area contributed by atoms with Gasteiger partial charge >= 0.3 is 5.97 Å². The lowest BCUT2D eigenvalue weighted by Gasteiger charge is -2.16. The molecule has 0 radical (unpaired) electrons. The Morgan fingerprint density at radius 3 is 3.11 bits per heavy atom. The van der Waals surface area contributed by atoms with Gasteiger partial charge < -0.3 is 15.0 Å². The number of carboxylic acids is 1. The Morgan fingerprint density at radius 2 is 2.32 bits per heavy atom. The van der Waals surface area contributed by atoms with Crippen molar-refractivity contribution < 1.29 is 9.90 Å². The first-order valence-corrected chi connectivity index (χ1v) is 6.70. The quantitative estimate of drug-likeness (QED) is 0.886. The smallest absolute Gasteiger partial charge is 0.305 e. The van der Waals surface area contributed by atoms with E-state index in [1.807, 2.05) is 0 Å². The fourth-order valence-corrected chi connectivity index (χ4v) is 2.96. The van der Waals surface area contributed by atoms with Crippen LogP contribution in [0.15, 0.2) is 18.2 Å². The summed E-state index contributed by atoms with van der Waals surface area (Å²) in [7, 11) is 0. The average molecular weight is 258 g/mol. The van der Waals surface area contributed by atoms with E-state index in [1.165, 1.54) is 27.7 Å². The van der Waals surface area contributed by atoms with Crippen molar-refractivity contribution >= 4 is 16.9 Å². The van der Waals surface area contributed by atoms with Gasteiger partial charge in [0.05, 0.1) is 6.42 Å². The summed E-state index contributed by atoms with van der Waals surface area (Å²) in [5.74, 6) is -0.739. The largest absolute Gasteiger partial charge is 0.481 e. The molecule has 3 rings (SSSR count). The Balaban J connectivity index is 2.15. The molecule has 0 amide bonds. The molecule has 0 saturated heterocycles. The van der Waals surface area contributed by atoms with Crippen LogP contribution in [0.5, 0.6) is 0 Å². The lowest BCUT2D eigenvalue weighted by molar-refractivity contribution is -0.137. The summed E-state index contributed by atoms with van der Waals surface area (Å²) in [6, 6.07) is 6.42. The van der Waals surface area contributed by atoms with E-state index < -0.39 is 5.97 Å². The van der Waals surface area contributed by atoms with Crippen LogP contribution in [-0.4, -0.2) is 22.2 Å². The molecule has 0 aliphatic carbocycles. The molecule has 1 aromatic carbocycles. The summed E-state index contributed by atoms with van der Waals surface area (Å²) in [5, 5.41) is 13.6. The van der Waals surface area contributed by atoms with Gasteiger partial charge in [-0.3, -0.25) is 4.79 Å². The van der Waals surface area contributed by atoms with Crippen LogP contribution < -0.4 is 5.32 Å². The van der Waals surface area contributed by atoms with Gasteiger partial charge in [-0.25, -0.2) is 0 Å². The normalized spacial score (nSPS) is 14.6. The fourth-order valence-electron chi connectivity index (χ4n) is 2.96. The first-order chi connectivity index (χ1) is 9.16. The molecule has 1 aliphatic rings. The van der Waals surface area contributed by atoms with Crippen molar-refractivity contribution in [1.82, 2.24) is 9.88 Å². The number of fused-ring (bicyclic) bond motifs is 3. The third-order valence-electron chi connectivity index (χ3n) is 3.83. The fraction of sp³-hybridized carbons (Fsp3) is 0.400. The average Bonchev–Trinajstić information content (AvgIpc) is 2.70. The van der Waals surface area contributed by atoms with Crippen LogP contribution in [0.2, 0.25) is 0 Å². The van der Waals surface area contributed by atoms with Crippen LogP contribution in [0.4, 0.5) is 0 Å². The molecule has 0 bridgehead atoms. The van der Waals surface area contributed by atoms with Crippen LogP contribution in [0.3, 0.4) is 0 Å². The molecule has 0 saturated carbocycles. The van der Waals surface area contributed by atoms with Crippen molar-refractivity contribution in [3.05, 3.63) is 35.0 Å². The van der Waals surface area contributed by atoms with E-state index in [0.29, 0.717) is 6.54 Å². The first-order valence-electron chi connectivity index (χ1n) is 6.70. The number of carboxylic acid groups (broad SMARTS) is 1. The molecule has 100 valence electrons. The molecule has 1 aliphatic heterocycles. The zero-order valence-electron chi connectivity index (χ0n) is 11.1. The number of benzene rings is 1. The van der Waals surface area contributed by atoms with Crippen molar-refractivity contribution in [3.63, 3.8) is 0 Å². The molecular formula is C15H18N2O2. The van der Waals surface area contributed by atoms with Gasteiger partial charge in [0, 0.05) is 42.7 Å². The summed E-state index contributed by atoms with van der Waals surface area (Å²) in [4.78, 5) is 10.8. The number of hydrogen-bond donors (Lipinski definition) is 2. The van der Waals surface area contributed by atoms with Crippen molar-refractivity contribution in [3.8, 4) is 0 Å². The van der Waals surface area contributed by atoms with Crippen LogP contribution in [0, 0.1) is 6.92 Å². The highest BCUT2D eigenvalue weighted by molar-refractivity contribution is 5.86. The summed E-state index contributed by atoms with van der Waals surface area (Å²) in [6.07, 6.45) is 1.15. The number of aromatic nitrogens is 1. The van der Waals surface area contributed by atoms with E-state index in [9.17, 15) is 4.79 Å². The highest BCUT2D eigenvalue weighted by atomic mass is 16.4. The molecule has 19 heavy (non-hydrogen) atoms. The Labute approximate surface area is 112 Å². The molecule has 0 spiro atoms. The van der Waals surface area contributed by atoms with Gasteiger partial charge in [0.2, 0.25) is 0 Å². The van der Waals surface area contributed by atoms with E-state index >= 15 is 0 Å². The standard InChI is InChI=1S/C15H18N2O2/c1-10-2-3-13-11(8-10)12-9-16-6-4-14(12)17(13)7-5-15(18)19/h2-3,8,16H,4-7,9H2,1H3,(H,18,19). The Hall–Kier alpha value is -1.81. The number of nitrogens with one attached hydrogen (secondary N) is 1. The van der Waals surface area contributed by atoms with E-state index in [2.05, 4.69) is 35.0 Å². The number of aryl methyl sites for hydroxylation is 2. The second kappa shape index (κ2) is 4.70. The number of nitrogens with zero attached hydrogens (tertiary/aromatic N) is 1. The van der Waals surface area contributed by atoms with Gasteiger partial charge in [-0.15, -0.1) is 0 Å². The van der Waals surface area contributed by atoms with Crippen LogP contribution in [0.25, 0.3) is 10.9 Å². The topological polar surface area (TPSA) is 54.3 Å². The molecule has 2 aromatic rings. The predicted molar refractivity (Wildman–Crippen MR) is 74.3 cm³/mol. The third-order valence-corrected chi connectivity index (χ3v) is 3.83. The van der Waals surface area contributed by atoms with Crippen molar-refractivity contribution in [2.24, 2.45) is 0 Å². The lowest BCUT2D eigenvalue weighted by atomic mass is 10.0. The summed E-state index contributed by atoms with van der Waals surface area (Å²) < 4.78 is 2.19. The van der Waals surface area contributed by atoms with E-state index in [-0.39, 0.29) is 6.42 Å². The molecule has 0 atom stereocenters. The zero-order chi connectivity index (χ0) is 13.4. The minimum atomic E-state index is -0.739. The SMILES string of the molecule is Cc1ccc2c(c1)c1c(n2CCC(=O)O)CCNC1. The molecule has 2 heterocycles. The van der Waals surface area contributed by atoms with Crippen molar-refractivity contribution in [1.29, 1.82) is 0 Å². The van der Waals surface area contributed by atoms with Gasteiger partial charge in [-0.2, -0.15) is 0 Å². The molecule has 4 heteroatoms. The predicted octanol–water partition coefficient (Wildman–Crippen LogP) is 2.07. The van der Waals surface area contributed by atoms with E-state index in [1.54, 1.807) is 0 Å². The van der Waals surface area contributed by atoms with E-state index in [4.69, 9.17) is 5.11 Å². The first kappa shape index (κ1) is 12.2. The summed E-state index contributed by atoms with van der Waals surface area (Å²) in [6.45, 7) is 4.51. The van der Waals surface area contributed by atoms with Crippen LogP contribution >= 0.6 is 0 Å². The highest BCUT2D eigenvalue weighted by Crippen LogP contribution is 2.29. The van der Waals surface area contributed by atoms with Gasteiger partial charge in [-0.05, 0) is 24.6 Å². The Kier molecular flexibility index (Phi) is 3.03. The third kappa shape index (κ3) is 2.12. The molecular weight excluding hydrogens is 240 g/mol. The molecule has 4 nitrogen and oxygen atoms in total. The molecule has 0 fully saturated rings. The maximum atomic E-state index is 10.8. The van der Waals surface area contributed by atoms with Gasteiger partial charge in [0.25, 0.3) is 0 Å². The summed E-state index contributed by atoms with van der Waals surface area (Å²) >= 11 is 0. The van der Waals surface area contributed by atoms with Gasteiger partial charge in [0.1, 0.15) is 0 Å². The van der Waals surface area contributed by atoms with E-state index in [0.717, 1.165) is 19.5 Å².